The molecule has 0 aliphatic heterocycles. The molecule has 0 unspecified atom stereocenters. The summed E-state index contributed by atoms with van der Waals surface area (Å²) in [6.45, 7) is -0.262. The molecule has 0 bridgehead atoms. The van der Waals surface area contributed by atoms with Crippen LogP contribution in [0.2, 0.25) is 0 Å². The van der Waals surface area contributed by atoms with Gasteiger partial charge in [0.25, 0.3) is 17.4 Å². The lowest BCUT2D eigenvalue weighted by molar-refractivity contribution is -0.122. The third-order valence-corrected chi connectivity index (χ3v) is 5.13. The summed E-state index contributed by atoms with van der Waals surface area (Å²) in [5.74, 6) is -0.993. The number of aryl methyl sites for hydroxylation is 1. The number of thiophene rings is 1. The fourth-order valence-corrected chi connectivity index (χ4v) is 3.47. The van der Waals surface area contributed by atoms with Gasteiger partial charge in [0.05, 0.1) is 4.88 Å². The average molecular weight is 441 g/mol. The molecule has 136 valence electrons. The third-order valence-electron chi connectivity index (χ3n) is 3.66. The number of nitrogens with one attached hydrogen (secondary N) is 2. The van der Waals surface area contributed by atoms with Crippen molar-refractivity contribution in [1.82, 2.24) is 29.5 Å². The topological polar surface area (TPSA) is 120 Å². The number of carbonyl (C=O) groups is 2. The fourth-order valence-electron chi connectivity index (χ4n) is 2.38. The molecule has 2 amide bonds. The minimum atomic E-state index is -0.561. The monoisotopic (exact) mass is 440 g/mol. The highest BCUT2D eigenvalue weighted by Crippen LogP contribution is 2.16. The minimum Gasteiger partial charge on any atom is -0.295 e. The molecule has 0 fully saturated rings. The van der Waals surface area contributed by atoms with E-state index in [2.05, 4.69) is 31.8 Å². The molecule has 10 nitrogen and oxygen atoms in total. The zero-order chi connectivity index (χ0) is 19.0. The first-order valence-corrected chi connectivity index (χ1v) is 8.93. The van der Waals surface area contributed by atoms with Crippen molar-refractivity contribution < 1.29 is 9.59 Å². The zero-order valence-corrected chi connectivity index (χ0v) is 16.0. The molecule has 0 aliphatic carbocycles. The van der Waals surface area contributed by atoms with Gasteiger partial charge >= 0.3 is 5.69 Å². The van der Waals surface area contributed by atoms with Crippen LogP contribution in [-0.2, 0) is 25.4 Å². The number of hydrogen-bond acceptors (Lipinski definition) is 6. The van der Waals surface area contributed by atoms with Gasteiger partial charge in [-0.15, -0.1) is 11.3 Å². The van der Waals surface area contributed by atoms with Crippen LogP contribution in [0.3, 0.4) is 0 Å². The number of aromatic nitrogens is 4. The summed E-state index contributed by atoms with van der Waals surface area (Å²) < 4.78 is 3.75. The Bertz CT molecular complexity index is 1130. The highest BCUT2D eigenvalue weighted by atomic mass is 79.9. The Hall–Kier alpha value is -2.73. The van der Waals surface area contributed by atoms with E-state index in [0.29, 0.717) is 4.88 Å². The smallest absolute Gasteiger partial charge is 0.295 e. The lowest BCUT2D eigenvalue weighted by atomic mass is 10.4. The molecule has 0 spiro atoms. The summed E-state index contributed by atoms with van der Waals surface area (Å²) in [6.07, 6.45) is 0. The average Bonchev–Trinajstić information content (AvgIpc) is 3.25. The highest BCUT2D eigenvalue weighted by Gasteiger charge is 2.19. The maximum atomic E-state index is 12.2. The van der Waals surface area contributed by atoms with E-state index in [4.69, 9.17) is 0 Å². The van der Waals surface area contributed by atoms with E-state index in [0.717, 1.165) is 4.57 Å². The van der Waals surface area contributed by atoms with E-state index in [-0.39, 0.29) is 22.4 Å². The van der Waals surface area contributed by atoms with Crippen molar-refractivity contribution in [2.75, 3.05) is 0 Å². The number of imidazole rings is 1. The van der Waals surface area contributed by atoms with Crippen molar-refractivity contribution in [1.29, 1.82) is 0 Å². The summed E-state index contributed by atoms with van der Waals surface area (Å²) in [5.41, 5.74) is 3.74. The second-order valence-electron chi connectivity index (χ2n) is 5.32. The molecule has 3 aromatic heterocycles. The van der Waals surface area contributed by atoms with Gasteiger partial charge < -0.3 is 0 Å². The maximum Gasteiger partial charge on any atom is 0.332 e. The van der Waals surface area contributed by atoms with E-state index in [1.807, 2.05) is 0 Å². The molecule has 3 aromatic rings. The zero-order valence-electron chi connectivity index (χ0n) is 13.6. The molecule has 0 atom stereocenters. The number of hydrogen-bond donors (Lipinski definition) is 2. The molecule has 3 heterocycles. The molecule has 3 rings (SSSR count). The predicted molar refractivity (Wildman–Crippen MR) is 97.8 cm³/mol. The van der Waals surface area contributed by atoms with E-state index >= 15 is 0 Å². The third kappa shape index (κ3) is 3.08. The van der Waals surface area contributed by atoms with Gasteiger partial charge in [-0.1, -0.05) is 6.07 Å². The lowest BCUT2D eigenvalue weighted by Crippen LogP contribution is -2.43. The van der Waals surface area contributed by atoms with Crippen LogP contribution in [0.15, 0.2) is 31.8 Å². The molecular weight excluding hydrogens is 428 g/mol. The van der Waals surface area contributed by atoms with Crippen molar-refractivity contribution >= 4 is 50.2 Å². The van der Waals surface area contributed by atoms with Crippen molar-refractivity contribution in [2.24, 2.45) is 14.1 Å². The van der Waals surface area contributed by atoms with Crippen molar-refractivity contribution in [3.8, 4) is 0 Å². The SMILES string of the molecule is Cn1c(=O)c2nc(Br)n(CC(=O)NNC(=O)c3cccs3)c2n(C)c1=O. The van der Waals surface area contributed by atoms with E-state index in [9.17, 15) is 19.2 Å². The quantitative estimate of drug-likeness (QED) is 0.428. The molecule has 0 aromatic carbocycles. The fraction of sp³-hybridized carbons (Fsp3) is 0.214. The van der Waals surface area contributed by atoms with Crippen molar-refractivity contribution in [3.63, 3.8) is 0 Å². The van der Waals surface area contributed by atoms with Gasteiger partial charge in [-0.3, -0.25) is 38.9 Å². The summed E-state index contributed by atoms with van der Waals surface area (Å²) in [6, 6.07) is 3.34. The standard InChI is InChI=1S/C14H13BrN6O4S/c1-19-11-9(12(24)20(2)14(19)25)16-13(15)21(11)6-8(22)17-18-10(23)7-4-3-5-26-7/h3-5H,6H2,1-2H3,(H,17,22)(H,18,23). The van der Waals surface area contributed by atoms with E-state index in [1.54, 1.807) is 17.5 Å². The Morgan fingerprint density at radius 2 is 1.96 bits per heavy atom. The number of hydrazine groups is 1. The van der Waals surface area contributed by atoms with Gasteiger partial charge in [-0.05, 0) is 27.4 Å². The van der Waals surface area contributed by atoms with Gasteiger partial charge in [0.15, 0.2) is 15.9 Å². The van der Waals surface area contributed by atoms with Gasteiger partial charge in [0.2, 0.25) is 0 Å². The number of nitrogens with zero attached hydrogens (tertiary/aromatic N) is 4. The molecule has 0 aliphatic rings. The first kappa shape index (κ1) is 18.1. The molecule has 0 radical (unpaired) electrons. The number of amides is 2. The van der Waals surface area contributed by atoms with Crippen LogP contribution in [-0.4, -0.2) is 30.5 Å². The molecule has 12 heteroatoms. The number of fused-ring (bicyclic) bond motifs is 1. The summed E-state index contributed by atoms with van der Waals surface area (Å²) in [7, 11) is 2.83. The normalized spacial score (nSPS) is 10.9. The largest absolute Gasteiger partial charge is 0.332 e. The van der Waals surface area contributed by atoms with Gasteiger partial charge in [0.1, 0.15) is 6.54 Å². The summed E-state index contributed by atoms with van der Waals surface area (Å²) >= 11 is 4.43. The molecule has 2 N–H and O–H groups in total. The van der Waals surface area contributed by atoms with Crippen LogP contribution in [0.4, 0.5) is 0 Å². The number of carbonyl (C=O) groups excluding carboxylic acids is 2. The Kier molecular flexibility index (Phi) is 4.78. The number of rotatable bonds is 3. The van der Waals surface area contributed by atoms with Gasteiger partial charge in [-0.2, -0.15) is 0 Å². The Morgan fingerprint density at radius 1 is 1.23 bits per heavy atom. The van der Waals surface area contributed by atoms with Crippen molar-refractivity contribution in [2.45, 2.75) is 6.54 Å². The van der Waals surface area contributed by atoms with Gasteiger partial charge in [-0.25, -0.2) is 9.78 Å². The van der Waals surface area contributed by atoms with Crippen LogP contribution in [0.5, 0.6) is 0 Å². The molecule has 26 heavy (non-hydrogen) atoms. The second kappa shape index (κ2) is 6.88. The van der Waals surface area contributed by atoms with E-state index in [1.165, 1.54) is 34.6 Å². The molecule has 0 saturated carbocycles. The molecular formula is C14H13BrN6O4S. The number of halogens is 1. The van der Waals surface area contributed by atoms with Gasteiger partial charge in [0, 0.05) is 14.1 Å². The van der Waals surface area contributed by atoms with Crippen LogP contribution in [0.1, 0.15) is 9.67 Å². The maximum absolute atomic E-state index is 12.2. The lowest BCUT2D eigenvalue weighted by Gasteiger charge is -2.10. The summed E-state index contributed by atoms with van der Waals surface area (Å²) in [5, 5.41) is 1.74. The van der Waals surface area contributed by atoms with Crippen molar-refractivity contribution in [3.05, 3.63) is 48.0 Å². The van der Waals surface area contributed by atoms with E-state index < -0.39 is 23.1 Å². The summed E-state index contributed by atoms with van der Waals surface area (Å²) in [4.78, 5) is 52.8. The molecule has 0 saturated heterocycles. The van der Waals surface area contributed by atoms with Crippen LogP contribution < -0.4 is 22.1 Å². The van der Waals surface area contributed by atoms with Crippen LogP contribution in [0.25, 0.3) is 11.2 Å². The predicted octanol–water partition coefficient (Wildman–Crippen LogP) is -0.281. The highest BCUT2D eigenvalue weighted by molar-refractivity contribution is 9.10. The Balaban J connectivity index is 1.86. The van der Waals surface area contributed by atoms with Crippen LogP contribution in [0, 0.1) is 0 Å². The second-order valence-corrected chi connectivity index (χ2v) is 6.98. The first-order chi connectivity index (χ1) is 12.3. The van der Waals surface area contributed by atoms with Crippen LogP contribution >= 0.6 is 27.3 Å². The minimum absolute atomic E-state index is 0.0527. The Morgan fingerprint density at radius 3 is 2.62 bits per heavy atom. The Labute approximate surface area is 158 Å². The first-order valence-electron chi connectivity index (χ1n) is 7.25.